The van der Waals surface area contributed by atoms with Gasteiger partial charge in [0.05, 0.1) is 5.56 Å². The molecule has 5 nitrogen and oxygen atoms in total. The fourth-order valence-corrected chi connectivity index (χ4v) is 4.26. The van der Waals surface area contributed by atoms with E-state index in [4.69, 9.17) is 6.42 Å². The summed E-state index contributed by atoms with van der Waals surface area (Å²) in [6, 6.07) is 14.2. The standard InChI is InChI=1S/C27H20F2N4O/c1-2-18-16-30-25-15-24(31-33(25)17-18)27(34)32-13-11-21(12-14-32)26(19-3-7-22(28)8-4-19)20-5-9-23(29)10-6-20/h1,3-10,15-17H,11-14H2. The first-order valence-electron chi connectivity index (χ1n) is 10.9. The summed E-state index contributed by atoms with van der Waals surface area (Å²) in [6.45, 7) is 1.02. The van der Waals surface area contributed by atoms with Gasteiger partial charge in [0.15, 0.2) is 11.3 Å². The Morgan fingerprint density at radius 2 is 1.53 bits per heavy atom. The van der Waals surface area contributed by atoms with Gasteiger partial charge < -0.3 is 4.90 Å². The molecule has 0 saturated carbocycles. The van der Waals surface area contributed by atoms with Crippen LogP contribution in [-0.4, -0.2) is 38.5 Å². The molecule has 1 aliphatic heterocycles. The third-order valence-electron chi connectivity index (χ3n) is 5.97. The predicted octanol–water partition coefficient (Wildman–Crippen LogP) is 4.73. The minimum atomic E-state index is -0.316. The molecular weight excluding hydrogens is 434 g/mol. The number of carbonyl (C=O) groups is 1. The van der Waals surface area contributed by atoms with Crippen molar-refractivity contribution in [2.45, 2.75) is 12.8 Å². The van der Waals surface area contributed by atoms with E-state index in [0.717, 1.165) is 22.3 Å². The van der Waals surface area contributed by atoms with Crippen LogP contribution in [0.1, 0.15) is 40.0 Å². The Morgan fingerprint density at radius 3 is 2.09 bits per heavy atom. The van der Waals surface area contributed by atoms with Crippen LogP contribution < -0.4 is 0 Å². The highest BCUT2D eigenvalue weighted by Gasteiger charge is 2.25. The van der Waals surface area contributed by atoms with Crippen LogP contribution in [0.2, 0.25) is 0 Å². The molecule has 0 N–H and O–H groups in total. The molecule has 0 spiro atoms. The molecule has 0 radical (unpaired) electrons. The maximum Gasteiger partial charge on any atom is 0.274 e. The molecule has 5 rings (SSSR count). The molecular formula is C27H20F2N4O. The van der Waals surface area contributed by atoms with Gasteiger partial charge in [0.2, 0.25) is 0 Å². The van der Waals surface area contributed by atoms with Crippen molar-refractivity contribution in [3.63, 3.8) is 0 Å². The van der Waals surface area contributed by atoms with Crippen molar-refractivity contribution in [2.24, 2.45) is 0 Å². The lowest BCUT2D eigenvalue weighted by molar-refractivity contribution is 0.0737. The fraction of sp³-hybridized carbons (Fsp3) is 0.148. The zero-order chi connectivity index (χ0) is 23.7. The molecule has 2 aromatic carbocycles. The molecule has 1 aliphatic rings. The lowest BCUT2D eigenvalue weighted by atomic mass is 9.88. The Balaban J connectivity index is 1.41. The summed E-state index contributed by atoms with van der Waals surface area (Å²) < 4.78 is 28.6. The van der Waals surface area contributed by atoms with E-state index in [9.17, 15) is 13.6 Å². The Bertz CT molecular complexity index is 1390. The molecule has 0 atom stereocenters. The minimum absolute atomic E-state index is 0.170. The van der Waals surface area contributed by atoms with E-state index in [1.807, 2.05) is 0 Å². The summed E-state index contributed by atoms with van der Waals surface area (Å²) >= 11 is 0. The zero-order valence-corrected chi connectivity index (χ0v) is 18.2. The van der Waals surface area contributed by atoms with Crippen LogP contribution in [0.25, 0.3) is 11.2 Å². The first kappa shape index (κ1) is 21.5. The maximum absolute atomic E-state index is 13.5. The summed E-state index contributed by atoms with van der Waals surface area (Å²) in [6.07, 6.45) is 9.92. The number of fused-ring (bicyclic) bond motifs is 1. The number of aromatic nitrogens is 3. The van der Waals surface area contributed by atoms with Gasteiger partial charge in [0.1, 0.15) is 11.6 Å². The predicted molar refractivity (Wildman–Crippen MR) is 125 cm³/mol. The molecule has 4 aromatic rings. The molecule has 2 aromatic heterocycles. The molecule has 0 aliphatic carbocycles. The molecule has 1 amide bonds. The number of carbonyl (C=O) groups excluding carboxylic acids is 1. The number of likely N-dealkylation sites (tertiary alicyclic amines) is 1. The maximum atomic E-state index is 13.5. The summed E-state index contributed by atoms with van der Waals surface area (Å²) in [4.78, 5) is 19.1. The lowest BCUT2D eigenvalue weighted by Gasteiger charge is -2.30. The number of amides is 1. The van der Waals surface area contributed by atoms with Gasteiger partial charge in [-0.3, -0.25) is 4.79 Å². The monoisotopic (exact) mass is 454 g/mol. The quantitative estimate of drug-likeness (QED) is 0.421. The van der Waals surface area contributed by atoms with Crippen LogP contribution in [-0.2, 0) is 0 Å². The van der Waals surface area contributed by atoms with Crippen LogP contribution in [0.15, 0.2) is 72.6 Å². The second kappa shape index (κ2) is 8.91. The van der Waals surface area contributed by atoms with Gasteiger partial charge in [-0.05, 0) is 53.8 Å². The summed E-state index contributed by atoms with van der Waals surface area (Å²) in [5.74, 6) is 1.70. The zero-order valence-electron chi connectivity index (χ0n) is 18.2. The number of rotatable bonds is 3. The van der Waals surface area contributed by atoms with E-state index in [0.29, 0.717) is 42.8 Å². The average Bonchev–Trinajstić information content (AvgIpc) is 3.30. The van der Waals surface area contributed by atoms with Crippen LogP contribution in [0.4, 0.5) is 8.78 Å². The van der Waals surface area contributed by atoms with Crippen molar-refractivity contribution in [1.82, 2.24) is 19.5 Å². The molecule has 3 heterocycles. The molecule has 7 heteroatoms. The Labute approximate surface area is 195 Å². The van der Waals surface area contributed by atoms with Gasteiger partial charge >= 0.3 is 0 Å². The molecule has 34 heavy (non-hydrogen) atoms. The SMILES string of the molecule is C#Cc1cnc2cc(C(=O)N3CCC(=C(c4ccc(F)cc4)c4ccc(F)cc4)CC3)nn2c1. The number of terminal acetylenes is 1. The van der Waals surface area contributed by atoms with Gasteiger partial charge in [0, 0.05) is 31.5 Å². The number of hydrogen-bond acceptors (Lipinski definition) is 3. The lowest BCUT2D eigenvalue weighted by Crippen LogP contribution is -2.36. The minimum Gasteiger partial charge on any atom is -0.337 e. The van der Waals surface area contributed by atoms with E-state index < -0.39 is 0 Å². The van der Waals surface area contributed by atoms with E-state index in [1.54, 1.807) is 47.6 Å². The smallest absolute Gasteiger partial charge is 0.274 e. The highest BCUT2D eigenvalue weighted by Crippen LogP contribution is 2.33. The van der Waals surface area contributed by atoms with Crippen molar-refractivity contribution in [2.75, 3.05) is 13.1 Å². The number of hydrogen-bond donors (Lipinski definition) is 0. The van der Waals surface area contributed by atoms with Crippen molar-refractivity contribution in [3.8, 4) is 12.3 Å². The highest BCUT2D eigenvalue weighted by molar-refractivity contribution is 5.93. The van der Waals surface area contributed by atoms with Crippen LogP contribution in [0.5, 0.6) is 0 Å². The molecule has 1 fully saturated rings. The highest BCUT2D eigenvalue weighted by atomic mass is 19.1. The second-order valence-corrected chi connectivity index (χ2v) is 8.10. The summed E-state index contributed by atoms with van der Waals surface area (Å²) in [5, 5.41) is 4.35. The normalized spacial score (nSPS) is 13.7. The summed E-state index contributed by atoms with van der Waals surface area (Å²) in [5.41, 5.74) is 5.25. The van der Waals surface area contributed by atoms with Crippen molar-refractivity contribution >= 4 is 17.1 Å². The number of nitrogens with zero attached hydrogens (tertiary/aromatic N) is 4. The number of halogens is 2. The number of benzene rings is 2. The molecule has 0 bridgehead atoms. The van der Waals surface area contributed by atoms with E-state index in [-0.39, 0.29) is 17.5 Å². The fourth-order valence-electron chi connectivity index (χ4n) is 4.26. The number of piperidine rings is 1. The molecule has 1 saturated heterocycles. The third kappa shape index (κ3) is 4.18. The molecule has 168 valence electrons. The van der Waals surface area contributed by atoms with Crippen LogP contribution in [0.3, 0.4) is 0 Å². The van der Waals surface area contributed by atoms with Crippen LogP contribution in [0, 0.1) is 24.0 Å². The van der Waals surface area contributed by atoms with Crippen molar-refractivity contribution < 1.29 is 13.6 Å². The van der Waals surface area contributed by atoms with E-state index in [2.05, 4.69) is 16.0 Å². The third-order valence-corrected chi connectivity index (χ3v) is 5.97. The van der Waals surface area contributed by atoms with Gasteiger partial charge in [-0.25, -0.2) is 18.3 Å². The second-order valence-electron chi connectivity index (χ2n) is 8.10. The van der Waals surface area contributed by atoms with Gasteiger partial charge in [0.25, 0.3) is 5.91 Å². The Kier molecular flexibility index (Phi) is 5.64. The Hall–Kier alpha value is -4.31. The van der Waals surface area contributed by atoms with E-state index in [1.165, 1.54) is 28.8 Å². The van der Waals surface area contributed by atoms with Crippen molar-refractivity contribution in [3.05, 3.63) is 107 Å². The Morgan fingerprint density at radius 1 is 0.941 bits per heavy atom. The topological polar surface area (TPSA) is 50.5 Å². The van der Waals surface area contributed by atoms with E-state index >= 15 is 0 Å². The van der Waals surface area contributed by atoms with Crippen molar-refractivity contribution in [1.29, 1.82) is 0 Å². The summed E-state index contributed by atoms with van der Waals surface area (Å²) in [7, 11) is 0. The van der Waals surface area contributed by atoms with Gasteiger partial charge in [-0.15, -0.1) is 6.42 Å². The average molecular weight is 454 g/mol. The van der Waals surface area contributed by atoms with Gasteiger partial charge in [-0.1, -0.05) is 35.8 Å². The molecule has 0 unspecified atom stereocenters. The first-order valence-corrected chi connectivity index (χ1v) is 10.9. The first-order chi connectivity index (χ1) is 16.5. The largest absolute Gasteiger partial charge is 0.337 e. The van der Waals surface area contributed by atoms with Gasteiger partial charge in [-0.2, -0.15) is 5.10 Å². The van der Waals surface area contributed by atoms with Crippen LogP contribution >= 0.6 is 0 Å².